The summed E-state index contributed by atoms with van der Waals surface area (Å²) < 4.78 is 0. The normalized spacial score (nSPS) is 14.9. The Bertz CT molecular complexity index is 4500. The number of benzene rings is 12. The fourth-order valence-electron chi connectivity index (χ4n) is 13.2. The molecule has 2 aliphatic carbocycles. The van der Waals surface area contributed by atoms with Crippen LogP contribution in [0.4, 0.5) is 28.4 Å². The highest BCUT2D eigenvalue weighted by Gasteiger charge is 2.32. The smallest absolute Gasteiger partial charge is 0.0561 e. The van der Waals surface area contributed by atoms with E-state index in [2.05, 4.69) is 330 Å². The Morgan fingerprint density at radius 1 is 0.395 bits per heavy atom. The third-order valence-electron chi connectivity index (χ3n) is 17.7. The van der Waals surface area contributed by atoms with Crippen molar-refractivity contribution < 1.29 is 0 Å². The van der Waals surface area contributed by atoms with Gasteiger partial charge >= 0.3 is 0 Å². The van der Waals surface area contributed by atoms with E-state index < -0.39 is 0 Å². The third kappa shape index (κ3) is 10.6. The number of anilines is 5. The van der Waals surface area contributed by atoms with Gasteiger partial charge in [0.15, 0.2) is 0 Å². The van der Waals surface area contributed by atoms with Gasteiger partial charge in [0.2, 0.25) is 0 Å². The molecule has 0 fully saturated rings. The van der Waals surface area contributed by atoms with E-state index in [1.54, 1.807) is 0 Å². The Balaban J connectivity index is 0.00000340. The minimum Gasteiger partial charge on any atom is -0.309 e. The molecule has 2 atom stereocenters. The van der Waals surface area contributed by atoms with E-state index in [9.17, 15) is 0 Å². The van der Waals surface area contributed by atoms with Crippen molar-refractivity contribution in [2.24, 2.45) is 0 Å². The quantitative estimate of drug-likeness (QED) is 0.113. The zero-order chi connectivity index (χ0) is 58.9. The van der Waals surface area contributed by atoms with Crippen LogP contribution >= 0.6 is 0 Å². The van der Waals surface area contributed by atoms with Crippen molar-refractivity contribution in [2.45, 2.75) is 78.6 Å². The van der Waals surface area contributed by atoms with E-state index in [1.807, 2.05) is 13.8 Å². The molecule has 420 valence electrons. The topological polar surface area (TPSA) is 6.48 Å². The molecule has 0 aliphatic heterocycles. The van der Waals surface area contributed by atoms with E-state index in [4.69, 9.17) is 0 Å². The summed E-state index contributed by atoms with van der Waals surface area (Å²) >= 11 is 0. The van der Waals surface area contributed by atoms with Gasteiger partial charge in [-0.2, -0.15) is 0 Å². The lowest BCUT2D eigenvalue weighted by molar-refractivity contribution is 0.591. The molecule has 0 bridgehead atoms. The molecular formula is C84H74N2. The van der Waals surface area contributed by atoms with Crippen LogP contribution < -0.4 is 9.80 Å². The Hall–Kier alpha value is -9.76. The minimum atomic E-state index is -0.0528. The second-order valence-electron chi connectivity index (χ2n) is 24.1. The van der Waals surface area contributed by atoms with E-state index in [0.717, 1.165) is 58.0 Å². The fourth-order valence-corrected chi connectivity index (χ4v) is 13.2. The van der Waals surface area contributed by atoms with Crippen LogP contribution in [-0.2, 0) is 5.41 Å². The first kappa shape index (κ1) is 55.4. The molecule has 0 heterocycles. The SMILES string of the molecule is CC.CC1=CCC(c2ccccc2)C=C1N(c1cc(-c2ccccc2)ccc1-c1ccccc1)c1cc(N(c2cc(-c3ccccc3)ccc2C)c2cc(-c3ccccc3)ccc2C2C=CC=CC2)c2ccc3cc(C(C)(C)C)cc4ccc1c2c43. The molecule has 12 aromatic carbocycles. The van der Waals surface area contributed by atoms with Gasteiger partial charge in [0.05, 0.1) is 22.7 Å². The Labute approximate surface area is 509 Å². The maximum absolute atomic E-state index is 2.66. The molecule has 0 saturated heterocycles. The van der Waals surface area contributed by atoms with Gasteiger partial charge in [0.25, 0.3) is 0 Å². The molecule has 86 heavy (non-hydrogen) atoms. The van der Waals surface area contributed by atoms with E-state index in [-0.39, 0.29) is 17.3 Å². The van der Waals surface area contributed by atoms with Gasteiger partial charge in [-0.1, -0.05) is 296 Å². The van der Waals surface area contributed by atoms with Crippen molar-refractivity contribution in [1.82, 2.24) is 0 Å². The van der Waals surface area contributed by atoms with Crippen LogP contribution in [0.15, 0.2) is 296 Å². The van der Waals surface area contributed by atoms with Crippen LogP contribution in [-0.4, -0.2) is 0 Å². The van der Waals surface area contributed by atoms with Crippen molar-refractivity contribution in [3.8, 4) is 44.5 Å². The number of rotatable bonds is 12. The molecule has 2 unspecified atom stereocenters. The summed E-state index contributed by atoms with van der Waals surface area (Å²) in [6.45, 7) is 15.6. The molecule has 0 N–H and O–H groups in total. The Morgan fingerprint density at radius 2 is 0.907 bits per heavy atom. The Morgan fingerprint density at radius 3 is 1.47 bits per heavy atom. The summed E-state index contributed by atoms with van der Waals surface area (Å²) in [6.07, 6.45) is 16.0. The molecular weight excluding hydrogens is 1040 g/mol. The third-order valence-corrected chi connectivity index (χ3v) is 17.7. The van der Waals surface area contributed by atoms with Gasteiger partial charge in [-0.05, 0) is 139 Å². The van der Waals surface area contributed by atoms with Crippen LogP contribution in [0.25, 0.3) is 76.8 Å². The van der Waals surface area contributed by atoms with Crippen molar-refractivity contribution in [1.29, 1.82) is 0 Å². The molecule has 0 amide bonds. The average Bonchev–Trinajstić information content (AvgIpc) is 0.803. The molecule has 2 aliphatic rings. The first-order valence-corrected chi connectivity index (χ1v) is 30.9. The van der Waals surface area contributed by atoms with Crippen molar-refractivity contribution >= 4 is 60.8 Å². The number of nitrogens with zero attached hydrogens (tertiary/aromatic N) is 2. The molecule has 0 saturated carbocycles. The highest BCUT2D eigenvalue weighted by atomic mass is 15.2. The zero-order valence-electron chi connectivity index (χ0n) is 50.6. The predicted molar refractivity (Wildman–Crippen MR) is 371 cm³/mol. The highest BCUT2D eigenvalue weighted by molar-refractivity contribution is 6.29. The molecule has 12 aromatic rings. The monoisotopic (exact) mass is 1110 g/mol. The first-order chi connectivity index (χ1) is 42.1. The fraction of sp³-hybridized carbons (Fsp3) is 0.143. The maximum Gasteiger partial charge on any atom is 0.0561 e. The molecule has 2 nitrogen and oxygen atoms in total. The van der Waals surface area contributed by atoms with Gasteiger partial charge in [0.1, 0.15) is 0 Å². The minimum absolute atomic E-state index is 0.0528. The second kappa shape index (κ2) is 23.7. The van der Waals surface area contributed by atoms with Crippen LogP contribution in [0.1, 0.15) is 88.5 Å². The zero-order valence-corrected chi connectivity index (χ0v) is 50.6. The van der Waals surface area contributed by atoms with Crippen molar-refractivity contribution in [3.63, 3.8) is 0 Å². The van der Waals surface area contributed by atoms with Gasteiger partial charge in [-0.15, -0.1) is 0 Å². The standard InChI is InChI=1S/C82H68N2.C2H6/c1-55-36-38-63(57-24-12-6-13-25-57)50-74(55)83(76-52-65(59-28-16-8-17-29-59)40-44-70(76)61-32-20-10-21-33-61)78-54-79(73-47-43-68-49-69(82(3,4)5)48-67-42-46-72(78)81(73)80(67)68)84(75-51-64(39-37-56(75)2)58-26-14-7-15-27-58)77-53-66(60-30-18-9-19-31-60)41-45-71(77)62-34-22-11-23-35-62;1-2/h6-34,36-37,39-54,62-63H,35,38H2,1-5H3;1-2H3. The number of hydrogen-bond acceptors (Lipinski definition) is 2. The largest absolute Gasteiger partial charge is 0.309 e. The molecule has 0 spiro atoms. The lowest BCUT2D eigenvalue weighted by atomic mass is 9.82. The lowest BCUT2D eigenvalue weighted by Gasteiger charge is -2.37. The van der Waals surface area contributed by atoms with Crippen molar-refractivity contribution in [2.75, 3.05) is 9.80 Å². The summed E-state index contributed by atoms with van der Waals surface area (Å²) in [5.41, 5.74) is 22.5. The summed E-state index contributed by atoms with van der Waals surface area (Å²) in [4.78, 5) is 5.32. The molecule has 0 aromatic heterocycles. The van der Waals surface area contributed by atoms with E-state index in [1.165, 1.54) is 93.7 Å². The Kier molecular flexibility index (Phi) is 15.3. The summed E-state index contributed by atoms with van der Waals surface area (Å²) in [5.74, 6) is 0.298. The van der Waals surface area contributed by atoms with Gasteiger partial charge in [-0.3, -0.25) is 0 Å². The maximum atomic E-state index is 2.66. The highest BCUT2D eigenvalue weighted by Crippen LogP contribution is 2.55. The van der Waals surface area contributed by atoms with Gasteiger partial charge in [-0.25, -0.2) is 0 Å². The number of hydrogen-bond donors (Lipinski definition) is 0. The van der Waals surface area contributed by atoms with E-state index in [0.29, 0.717) is 0 Å². The first-order valence-electron chi connectivity index (χ1n) is 30.9. The summed E-state index contributed by atoms with van der Waals surface area (Å²) in [5, 5.41) is 7.43. The predicted octanol–water partition coefficient (Wildman–Crippen LogP) is 24.1. The van der Waals surface area contributed by atoms with Gasteiger partial charge in [0, 0.05) is 44.9 Å². The number of aryl methyl sites for hydroxylation is 1. The van der Waals surface area contributed by atoms with E-state index >= 15 is 0 Å². The van der Waals surface area contributed by atoms with Crippen molar-refractivity contribution in [3.05, 3.63) is 319 Å². The van der Waals surface area contributed by atoms with Crippen LogP contribution in [0.5, 0.6) is 0 Å². The lowest BCUT2D eigenvalue weighted by Crippen LogP contribution is -2.22. The van der Waals surface area contributed by atoms with Crippen LogP contribution in [0.2, 0.25) is 0 Å². The summed E-state index contributed by atoms with van der Waals surface area (Å²) in [7, 11) is 0. The molecule has 2 heteroatoms. The van der Waals surface area contributed by atoms with Crippen LogP contribution in [0, 0.1) is 6.92 Å². The van der Waals surface area contributed by atoms with Crippen LogP contribution in [0.3, 0.4) is 0 Å². The van der Waals surface area contributed by atoms with Gasteiger partial charge < -0.3 is 9.80 Å². The average molecular weight is 1110 g/mol. The molecule has 14 rings (SSSR count). The second-order valence-corrected chi connectivity index (χ2v) is 24.1. The summed E-state index contributed by atoms with van der Waals surface area (Å²) in [6, 6.07) is 93.4. The molecule has 0 radical (unpaired) electrons. The number of allylic oxidation sites excluding steroid dienone is 7.